The minimum absolute atomic E-state index is 0.115. The standard InChI is InChI=1S/C19H25N3O2S/c1-4-22(14(2)3)16-9-7-15(8-10-16)21-18(23)11-12-20-19(24)17-6-5-13-25-17/h5-10,13-14H,4,11-12H2,1-3H3,(H,20,24)(H,21,23). The summed E-state index contributed by atoms with van der Waals surface area (Å²) in [7, 11) is 0. The van der Waals surface area contributed by atoms with Crippen LogP contribution in [-0.2, 0) is 4.79 Å². The minimum Gasteiger partial charge on any atom is -0.369 e. The Morgan fingerprint density at radius 2 is 1.88 bits per heavy atom. The fourth-order valence-electron chi connectivity index (χ4n) is 2.59. The summed E-state index contributed by atoms with van der Waals surface area (Å²) in [6.07, 6.45) is 0.242. The van der Waals surface area contributed by atoms with E-state index in [-0.39, 0.29) is 18.2 Å². The number of nitrogens with zero attached hydrogens (tertiary/aromatic N) is 1. The second-order valence-corrected chi connectivity index (χ2v) is 6.91. The number of benzene rings is 1. The third-order valence-corrected chi connectivity index (χ3v) is 4.70. The van der Waals surface area contributed by atoms with Gasteiger partial charge < -0.3 is 15.5 Å². The maximum atomic E-state index is 12.0. The van der Waals surface area contributed by atoms with Gasteiger partial charge in [0.15, 0.2) is 0 Å². The van der Waals surface area contributed by atoms with E-state index in [2.05, 4.69) is 36.3 Å². The zero-order valence-corrected chi connectivity index (χ0v) is 15.7. The lowest BCUT2D eigenvalue weighted by Gasteiger charge is -2.27. The van der Waals surface area contributed by atoms with Crippen LogP contribution in [0.4, 0.5) is 11.4 Å². The lowest BCUT2D eigenvalue weighted by atomic mass is 10.2. The van der Waals surface area contributed by atoms with E-state index in [1.54, 1.807) is 6.07 Å². The highest BCUT2D eigenvalue weighted by Crippen LogP contribution is 2.20. The Hall–Kier alpha value is -2.34. The van der Waals surface area contributed by atoms with Crippen LogP contribution < -0.4 is 15.5 Å². The molecule has 1 heterocycles. The van der Waals surface area contributed by atoms with Gasteiger partial charge in [0.2, 0.25) is 5.91 Å². The van der Waals surface area contributed by atoms with Gasteiger partial charge in [-0.2, -0.15) is 0 Å². The first-order chi connectivity index (χ1) is 12.0. The highest BCUT2D eigenvalue weighted by molar-refractivity contribution is 7.12. The monoisotopic (exact) mass is 359 g/mol. The van der Waals surface area contributed by atoms with Gasteiger partial charge in [-0.15, -0.1) is 11.3 Å². The van der Waals surface area contributed by atoms with Crippen LogP contribution in [-0.4, -0.2) is 30.9 Å². The fourth-order valence-corrected chi connectivity index (χ4v) is 3.23. The Morgan fingerprint density at radius 1 is 1.16 bits per heavy atom. The van der Waals surface area contributed by atoms with Gasteiger partial charge in [0.1, 0.15) is 0 Å². The second kappa shape index (κ2) is 9.22. The largest absolute Gasteiger partial charge is 0.369 e. The molecular weight excluding hydrogens is 334 g/mol. The number of anilines is 2. The topological polar surface area (TPSA) is 61.4 Å². The Bertz CT molecular complexity index is 681. The molecule has 2 N–H and O–H groups in total. The molecule has 2 aromatic rings. The normalized spacial score (nSPS) is 10.6. The van der Waals surface area contributed by atoms with E-state index in [9.17, 15) is 9.59 Å². The van der Waals surface area contributed by atoms with E-state index in [1.807, 2.05) is 35.7 Å². The molecule has 6 heteroatoms. The van der Waals surface area contributed by atoms with E-state index < -0.39 is 0 Å². The summed E-state index contributed by atoms with van der Waals surface area (Å²) in [5.74, 6) is -0.254. The lowest BCUT2D eigenvalue weighted by Crippen LogP contribution is -2.30. The molecule has 0 atom stereocenters. The molecule has 134 valence electrons. The third kappa shape index (κ3) is 5.60. The number of rotatable bonds is 8. The summed E-state index contributed by atoms with van der Waals surface area (Å²) in [4.78, 5) is 26.7. The zero-order chi connectivity index (χ0) is 18.2. The molecule has 0 radical (unpaired) electrons. The van der Waals surface area contributed by atoms with E-state index >= 15 is 0 Å². The van der Waals surface area contributed by atoms with Crippen molar-refractivity contribution in [2.75, 3.05) is 23.3 Å². The van der Waals surface area contributed by atoms with Gasteiger partial charge in [0.05, 0.1) is 4.88 Å². The highest BCUT2D eigenvalue weighted by atomic mass is 32.1. The van der Waals surface area contributed by atoms with Crippen LogP contribution >= 0.6 is 11.3 Å². The summed E-state index contributed by atoms with van der Waals surface area (Å²) in [5.41, 5.74) is 1.90. The first-order valence-electron chi connectivity index (χ1n) is 8.49. The van der Waals surface area contributed by atoms with Gasteiger partial charge in [-0.25, -0.2) is 0 Å². The molecule has 0 aliphatic rings. The van der Waals surface area contributed by atoms with Gasteiger partial charge in [0.25, 0.3) is 5.91 Å². The molecule has 0 bridgehead atoms. The maximum absolute atomic E-state index is 12.0. The molecule has 0 aliphatic heterocycles. The van der Waals surface area contributed by atoms with Crippen molar-refractivity contribution in [2.45, 2.75) is 33.2 Å². The molecule has 0 spiro atoms. The first kappa shape index (κ1) is 19.0. The molecule has 0 saturated heterocycles. The fraction of sp³-hybridized carbons (Fsp3) is 0.368. The Kier molecular flexibility index (Phi) is 7.01. The number of amides is 2. The number of nitrogens with one attached hydrogen (secondary N) is 2. The highest BCUT2D eigenvalue weighted by Gasteiger charge is 2.09. The van der Waals surface area contributed by atoms with Crippen LogP contribution in [0.1, 0.15) is 36.9 Å². The average molecular weight is 359 g/mol. The van der Waals surface area contributed by atoms with Gasteiger partial charge in [-0.1, -0.05) is 6.07 Å². The molecular formula is C19H25N3O2S. The quantitative estimate of drug-likeness (QED) is 0.755. The van der Waals surface area contributed by atoms with Crippen LogP contribution in [0.2, 0.25) is 0 Å². The van der Waals surface area contributed by atoms with Gasteiger partial charge in [-0.05, 0) is 56.5 Å². The van der Waals surface area contributed by atoms with Crippen molar-refractivity contribution >= 4 is 34.5 Å². The summed E-state index contributed by atoms with van der Waals surface area (Å²) in [6.45, 7) is 7.69. The molecule has 0 fully saturated rings. The van der Waals surface area contributed by atoms with Crippen molar-refractivity contribution in [3.05, 3.63) is 46.7 Å². The number of thiophene rings is 1. The molecule has 2 amide bonds. The number of carbonyl (C=O) groups is 2. The molecule has 1 aromatic heterocycles. The number of carbonyl (C=O) groups excluding carboxylic acids is 2. The predicted octanol–water partition coefficient (Wildman–Crippen LogP) is 3.74. The molecule has 2 rings (SSSR count). The van der Waals surface area contributed by atoms with Gasteiger partial charge in [-0.3, -0.25) is 9.59 Å². The smallest absolute Gasteiger partial charge is 0.261 e. The van der Waals surface area contributed by atoms with Crippen molar-refractivity contribution in [3.8, 4) is 0 Å². The van der Waals surface area contributed by atoms with Crippen LogP contribution in [0.5, 0.6) is 0 Å². The van der Waals surface area contributed by atoms with E-state index in [0.717, 1.165) is 17.9 Å². The van der Waals surface area contributed by atoms with Gasteiger partial charge >= 0.3 is 0 Å². The van der Waals surface area contributed by atoms with Crippen LogP contribution in [0, 0.1) is 0 Å². The summed E-state index contributed by atoms with van der Waals surface area (Å²) >= 11 is 1.38. The molecule has 25 heavy (non-hydrogen) atoms. The summed E-state index contributed by atoms with van der Waals surface area (Å²) < 4.78 is 0. The Morgan fingerprint density at radius 3 is 2.44 bits per heavy atom. The number of hydrogen-bond donors (Lipinski definition) is 2. The average Bonchev–Trinajstić information content (AvgIpc) is 3.11. The second-order valence-electron chi connectivity index (χ2n) is 5.96. The van der Waals surface area contributed by atoms with Crippen LogP contribution in [0.3, 0.4) is 0 Å². The van der Waals surface area contributed by atoms with E-state index in [4.69, 9.17) is 0 Å². The van der Waals surface area contributed by atoms with Gasteiger partial charge in [0, 0.05) is 36.9 Å². The Labute approximate surface area is 153 Å². The summed E-state index contributed by atoms with van der Waals surface area (Å²) in [5, 5.41) is 7.46. The van der Waals surface area contributed by atoms with Crippen molar-refractivity contribution in [1.82, 2.24) is 5.32 Å². The maximum Gasteiger partial charge on any atom is 0.261 e. The molecule has 0 unspecified atom stereocenters. The minimum atomic E-state index is -0.138. The van der Waals surface area contributed by atoms with Crippen LogP contribution in [0.25, 0.3) is 0 Å². The van der Waals surface area contributed by atoms with Crippen molar-refractivity contribution in [2.24, 2.45) is 0 Å². The third-order valence-electron chi connectivity index (χ3n) is 3.83. The lowest BCUT2D eigenvalue weighted by molar-refractivity contribution is -0.116. The molecule has 0 saturated carbocycles. The molecule has 5 nitrogen and oxygen atoms in total. The predicted molar refractivity (Wildman–Crippen MR) is 104 cm³/mol. The van der Waals surface area contributed by atoms with Crippen LogP contribution in [0.15, 0.2) is 41.8 Å². The SMILES string of the molecule is CCN(c1ccc(NC(=O)CCNC(=O)c2cccs2)cc1)C(C)C. The van der Waals surface area contributed by atoms with E-state index in [1.165, 1.54) is 11.3 Å². The van der Waals surface area contributed by atoms with E-state index in [0.29, 0.717) is 17.5 Å². The zero-order valence-electron chi connectivity index (χ0n) is 14.9. The molecule has 1 aromatic carbocycles. The van der Waals surface area contributed by atoms with Crippen molar-refractivity contribution in [3.63, 3.8) is 0 Å². The first-order valence-corrected chi connectivity index (χ1v) is 9.37. The molecule has 0 aliphatic carbocycles. The Balaban J connectivity index is 1.79. The van der Waals surface area contributed by atoms with Crippen molar-refractivity contribution < 1.29 is 9.59 Å². The number of hydrogen-bond acceptors (Lipinski definition) is 4. The summed E-state index contributed by atoms with van der Waals surface area (Å²) in [6, 6.07) is 11.9. The van der Waals surface area contributed by atoms with Crippen molar-refractivity contribution in [1.29, 1.82) is 0 Å².